The number of amides is 2. The summed E-state index contributed by atoms with van der Waals surface area (Å²) < 4.78 is 11.7. The lowest BCUT2D eigenvalue weighted by atomic mass is 9.84. The van der Waals surface area contributed by atoms with E-state index in [1.807, 2.05) is 32.1 Å². The van der Waals surface area contributed by atoms with Crippen LogP contribution in [0.25, 0.3) is 0 Å². The zero-order valence-electron chi connectivity index (χ0n) is 52.8. The molecule has 25 nitrogen and oxygen atoms in total. The maximum Gasteiger partial charge on any atom is 0.272 e. The number of nitriles is 3. The Kier molecular flexibility index (Phi) is 31.7. The van der Waals surface area contributed by atoms with Crippen LogP contribution in [0, 0.1) is 76.9 Å². The van der Waals surface area contributed by atoms with Gasteiger partial charge in [0.2, 0.25) is 11.8 Å². The first-order valence-electron chi connectivity index (χ1n) is 29.5. The van der Waals surface area contributed by atoms with Crippen molar-refractivity contribution in [2.24, 2.45) is 43.1 Å². The van der Waals surface area contributed by atoms with Crippen LogP contribution in [-0.2, 0) is 9.59 Å². The van der Waals surface area contributed by atoms with Gasteiger partial charge in [-0.1, -0.05) is 55.4 Å². The normalized spacial score (nSPS) is 12.0. The lowest BCUT2D eigenvalue weighted by Crippen LogP contribution is -2.27. The number of azo groups is 2. The van der Waals surface area contributed by atoms with E-state index in [0.717, 1.165) is 43.9 Å². The van der Waals surface area contributed by atoms with Crippen molar-refractivity contribution in [2.45, 2.75) is 132 Å². The molecule has 2 amide bonds. The molecule has 0 heterocycles. The van der Waals surface area contributed by atoms with Gasteiger partial charge in [0.25, 0.3) is 11.4 Å². The van der Waals surface area contributed by atoms with Gasteiger partial charge >= 0.3 is 0 Å². The van der Waals surface area contributed by atoms with Crippen molar-refractivity contribution in [3.8, 4) is 29.7 Å². The molecule has 0 aromatic heterocycles. The molecular formula is C63H86BrN13O12. The number of nitrogens with zero attached hydrogens (tertiary/aromatic N) is 11. The van der Waals surface area contributed by atoms with E-state index in [9.17, 15) is 66.0 Å². The predicted octanol–water partition coefficient (Wildman–Crippen LogP) is 13.9. The van der Waals surface area contributed by atoms with Crippen LogP contribution in [0.2, 0.25) is 0 Å². The third-order valence-corrected chi connectivity index (χ3v) is 14.2. The molecular weight excluding hydrogens is 1210 g/mol. The van der Waals surface area contributed by atoms with Crippen LogP contribution in [0.3, 0.4) is 0 Å². The lowest BCUT2D eigenvalue weighted by Gasteiger charge is -2.28. The Morgan fingerprint density at radius 1 is 0.562 bits per heavy atom. The zero-order valence-corrected chi connectivity index (χ0v) is 54.4. The molecule has 6 N–H and O–H groups in total. The second kappa shape index (κ2) is 37.6. The van der Waals surface area contributed by atoms with E-state index in [1.54, 1.807) is 24.3 Å². The van der Waals surface area contributed by atoms with Crippen molar-refractivity contribution >= 4 is 84.6 Å². The maximum absolute atomic E-state index is 13.3. The Morgan fingerprint density at radius 2 is 0.888 bits per heavy atom. The fourth-order valence-corrected chi connectivity index (χ4v) is 10.6. The summed E-state index contributed by atoms with van der Waals surface area (Å²) in [6.45, 7) is 19.4. The number of carbonyl (C=O) groups is 2. The Morgan fingerprint density at radius 3 is 1.19 bits per heavy atom. The monoisotopic (exact) mass is 1300 g/mol. The van der Waals surface area contributed by atoms with Crippen molar-refractivity contribution in [3.63, 3.8) is 0 Å². The number of carbonyl (C=O) groups excluding carboxylic acids is 2. The number of nitro groups is 2. The molecule has 0 fully saturated rings. The van der Waals surface area contributed by atoms with E-state index in [4.69, 9.17) is 9.47 Å². The third-order valence-electron chi connectivity index (χ3n) is 13.6. The Hall–Kier alpha value is -8.19. The predicted molar refractivity (Wildman–Crippen MR) is 345 cm³/mol. The van der Waals surface area contributed by atoms with Gasteiger partial charge in [0.05, 0.1) is 68.0 Å². The van der Waals surface area contributed by atoms with Gasteiger partial charge in [0, 0.05) is 102 Å². The van der Waals surface area contributed by atoms with Crippen LogP contribution < -0.4 is 29.9 Å². The fraction of sp³-hybridized carbons (Fsp3) is 0.540. The number of halogens is 1. The molecule has 482 valence electrons. The molecule has 0 saturated carbocycles. The van der Waals surface area contributed by atoms with Gasteiger partial charge in [-0.3, -0.25) is 29.8 Å². The molecule has 4 aromatic carbocycles. The van der Waals surface area contributed by atoms with E-state index in [-0.39, 0.29) is 117 Å². The number of benzene rings is 4. The number of aliphatic hydroxyl groups excluding tert-OH is 4. The van der Waals surface area contributed by atoms with Gasteiger partial charge in [0.1, 0.15) is 52.5 Å². The molecule has 2 unspecified atom stereocenters. The smallest absolute Gasteiger partial charge is 0.272 e. The minimum absolute atomic E-state index is 0.0393. The number of hydrogen-bond donors (Lipinski definition) is 6. The quantitative estimate of drug-likeness (QED) is 0.0109. The number of aliphatic hydroxyl groups is 4. The standard InChI is InChI=1S/C32H43N7O6.C31H43BrN6O6/c1-22(19-32(2,3)4)14-30(42)35-26-17-28(38(10-6-8-12-40)11-7-9-13-41)29(45-5)18-27(26)36-37-31-23(20-33)15-25(39(43)44)16-24(31)21-34;1-21(19-31(2,3)4)14-29(41)34-25-17-27(37(10-6-8-12-39)11-7-9-13-40)28(44-5)18-26(25)35-36-30-22(20-33)15-23(38(42)43)16-24(30)32/h15-18,22,40-41H,6-14,19H2,1-5H3,(H,35,42);15-18,21,39-40H,6-14,19H2,1-5H3,(H,34,41). The molecule has 0 aliphatic carbocycles. The van der Waals surface area contributed by atoms with Gasteiger partial charge in [-0.05, 0) is 115 Å². The van der Waals surface area contributed by atoms with Gasteiger partial charge in [0.15, 0.2) is 0 Å². The van der Waals surface area contributed by atoms with Crippen LogP contribution in [0.1, 0.15) is 149 Å². The highest BCUT2D eigenvalue weighted by atomic mass is 79.9. The average Bonchev–Trinajstić information content (AvgIpc) is 3.33. The largest absolute Gasteiger partial charge is 0.494 e. The van der Waals surface area contributed by atoms with E-state index < -0.39 is 15.5 Å². The molecule has 0 radical (unpaired) electrons. The number of unbranched alkanes of at least 4 members (excludes halogenated alkanes) is 4. The first kappa shape index (κ1) is 75.1. The molecule has 2 atom stereocenters. The first-order chi connectivity index (χ1) is 42.2. The Labute approximate surface area is 529 Å². The zero-order chi connectivity index (χ0) is 66.4. The molecule has 4 aromatic rings. The second-order valence-corrected chi connectivity index (χ2v) is 24.8. The SMILES string of the molecule is COc1cc(N=Nc2c(Br)cc([N+](=O)[O-])cc2C#N)c(NC(=O)CC(C)CC(C)(C)C)cc1N(CCCCO)CCCCO.COc1cc(N=Nc2c(C#N)cc([N+](=O)[O-])cc2C#N)c(NC(=O)CC(C)CC(C)(C)C)cc1N(CCCCO)CCCCO. The van der Waals surface area contributed by atoms with Gasteiger partial charge in [-0.15, -0.1) is 20.5 Å². The lowest BCUT2D eigenvalue weighted by molar-refractivity contribution is -0.385. The van der Waals surface area contributed by atoms with Crippen molar-refractivity contribution in [1.82, 2.24) is 0 Å². The number of hydrogen-bond acceptors (Lipinski definition) is 21. The van der Waals surface area contributed by atoms with Crippen molar-refractivity contribution in [1.29, 1.82) is 15.8 Å². The molecule has 0 aliphatic rings. The molecule has 0 bridgehead atoms. The average molecular weight is 1300 g/mol. The number of anilines is 4. The molecule has 26 heteroatoms. The maximum atomic E-state index is 13.3. The highest BCUT2D eigenvalue weighted by Crippen LogP contribution is 2.44. The number of nitrogens with one attached hydrogen (secondary N) is 2. The summed E-state index contributed by atoms with van der Waals surface area (Å²) in [4.78, 5) is 51.9. The summed E-state index contributed by atoms with van der Waals surface area (Å²) in [7, 11) is 3.01. The van der Waals surface area contributed by atoms with Gasteiger partial charge in [-0.25, -0.2) is 0 Å². The van der Waals surface area contributed by atoms with E-state index in [0.29, 0.717) is 105 Å². The van der Waals surface area contributed by atoms with Crippen LogP contribution in [-0.4, -0.2) is 109 Å². The van der Waals surface area contributed by atoms with Crippen LogP contribution in [0.5, 0.6) is 11.5 Å². The summed E-state index contributed by atoms with van der Waals surface area (Å²) in [6.07, 6.45) is 7.49. The van der Waals surface area contributed by atoms with Crippen LogP contribution in [0.4, 0.5) is 56.9 Å². The third kappa shape index (κ3) is 25.4. The first-order valence-corrected chi connectivity index (χ1v) is 30.3. The highest BCUT2D eigenvalue weighted by molar-refractivity contribution is 9.10. The van der Waals surface area contributed by atoms with Gasteiger partial charge < -0.3 is 50.3 Å². The van der Waals surface area contributed by atoms with Crippen LogP contribution in [0.15, 0.2) is 73.5 Å². The summed E-state index contributed by atoms with van der Waals surface area (Å²) in [5, 5.41) is 112. The summed E-state index contributed by atoms with van der Waals surface area (Å²) in [5.41, 5.74) is 1.44. The number of methoxy groups -OCH3 is 2. The minimum Gasteiger partial charge on any atom is -0.494 e. The number of non-ortho nitro benzene ring substituents is 2. The van der Waals surface area contributed by atoms with E-state index >= 15 is 0 Å². The summed E-state index contributed by atoms with van der Waals surface area (Å²) in [6, 6.07) is 16.7. The molecule has 4 rings (SSSR count). The Bertz CT molecular complexity index is 3160. The van der Waals surface area contributed by atoms with E-state index in [1.165, 1.54) is 20.3 Å². The van der Waals surface area contributed by atoms with Crippen molar-refractivity contribution < 1.29 is 49.3 Å². The minimum atomic E-state index is -0.701. The van der Waals surface area contributed by atoms with Crippen molar-refractivity contribution in [3.05, 3.63) is 89.9 Å². The summed E-state index contributed by atoms with van der Waals surface area (Å²) >= 11 is 3.26. The number of rotatable bonds is 34. The fourth-order valence-electron chi connectivity index (χ4n) is 10.0. The van der Waals surface area contributed by atoms with Gasteiger partial charge in [-0.2, -0.15) is 15.8 Å². The molecule has 0 spiro atoms. The van der Waals surface area contributed by atoms with E-state index in [2.05, 4.69) is 98.4 Å². The number of nitro benzene ring substituents is 2. The van der Waals surface area contributed by atoms with Crippen LogP contribution >= 0.6 is 15.9 Å². The highest BCUT2D eigenvalue weighted by Gasteiger charge is 2.25. The molecule has 0 aliphatic heterocycles. The molecule has 89 heavy (non-hydrogen) atoms. The molecule has 0 saturated heterocycles. The number of ether oxygens (including phenoxy) is 2. The van der Waals surface area contributed by atoms with Crippen molar-refractivity contribution in [2.75, 3.05) is 87.3 Å². The summed E-state index contributed by atoms with van der Waals surface area (Å²) in [5.74, 6) is 0.668. The Balaban J connectivity index is 0.000000465. The second-order valence-electron chi connectivity index (χ2n) is 24.0. The topological polar surface area (TPSA) is 371 Å².